The van der Waals surface area contributed by atoms with Crippen LogP contribution in [0.2, 0.25) is 0 Å². The zero-order valence-corrected chi connectivity index (χ0v) is 26.5. The van der Waals surface area contributed by atoms with Gasteiger partial charge in [-0.3, -0.25) is 0 Å². The average Bonchev–Trinajstić information content (AvgIpc) is 3.98. The zero-order valence-electron chi connectivity index (χ0n) is 26.5. The molecular weight excluding hydrogens is 601 g/mol. The van der Waals surface area contributed by atoms with E-state index in [9.17, 15) is 5.11 Å². The van der Waals surface area contributed by atoms with E-state index in [1.165, 1.54) is 0 Å². The molecule has 0 unspecified atom stereocenters. The Balaban J connectivity index is 1.46. The molecular formula is C44H32N4O. The summed E-state index contributed by atoms with van der Waals surface area (Å²) in [5, 5.41) is 15.5. The Kier molecular flexibility index (Phi) is 6.87. The van der Waals surface area contributed by atoms with Gasteiger partial charge in [0.2, 0.25) is 0 Å². The normalized spacial score (nSPS) is 12.8. The van der Waals surface area contributed by atoms with E-state index in [-0.39, 0.29) is 5.75 Å². The largest absolute Gasteiger partial charge is 0.506 e. The Hall–Kier alpha value is -6.72. The van der Waals surface area contributed by atoms with Crippen LogP contribution in [0.15, 0.2) is 164 Å². The highest BCUT2D eigenvalue weighted by molar-refractivity contribution is 5.86. The number of fused-ring (bicyclic) bond motifs is 8. The maximum atomic E-state index is 11.7. The molecule has 4 aromatic carbocycles. The van der Waals surface area contributed by atoms with Gasteiger partial charge in [-0.2, -0.15) is 0 Å². The predicted molar refractivity (Wildman–Crippen MR) is 196 cm³/mol. The van der Waals surface area contributed by atoms with Crippen LogP contribution in [0.25, 0.3) is 22.3 Å². The van der Waals surface area contributed by atoms with Gasteiger partial charge in [0.25, 0.3) is 0 Å². The van der Waals surface area contributed by atoms with Gasteiger partial charge in [-0.1, -0.05) is 121 Å². The predicted octanol–water partition coefficient (Wildman–Crippen LogP) is 6.01. The highest BCUT2D eigenvalue weighted by atomic mass is 16.3. The minimum Gasteiger partial charge on any atom is -0.506 e. The van der Waals surface area contributed by atoms with E-state index in [2.05, 4.69) is 129 Å². The van der Waals surface area contributed by atoms with Gasteiger partial charge in [0.1, 0.15) is 5.75 Å². The van der Waals surface area contributed by atoms with Crippen molar-refractivity contribution in [3.8, 4) is 5.75 Å². The Bertz CT molecular complexity index is 2690. The maximum absolute atomic E-state index is 11.7. The number of hydrogen-bond acceptors (Lipinski definition) is 1. The van der Waals surface area contributed by atoms with Crippen LogP contribution in [0.3, 0.4) is 0 Å². The molecule has 0 saturated carbocycles. The molecule has 0 aliphatic carbocycles. The number of aromatic hydroxyl groups is 1. The molecule has 8 bridgehead atoms. The fraction of sp³-hybridized carbons (Fsp3) is 0. The van der Waals surface area contributed by atoms with Crippen molar-refractivity contribution < 1.29 is 5.11 Å². The van der Waals surface area contributed by atoms with Gasteiger partial charge in [-0.15, -0.1) is 0 Å². The van der Waals surface area contributed by atoms with Crippen molar-refractivity contribution >= 4 is 22.3 Å². The summed E-state index contributed by atoms with van der Waals surface area (Å²) < 4.78 is 0. The molecule has 8 aromatic rings. The molecule has 5 heteroatoms. The number of benzene rings is 4. The Morgan fingerprint density at radius 1 is 0.306 bits per heavy atom. The summed E-state index contributed by atoms with van der Waals surface area (Å²) in [6.45, 7) is 0. The molecule has 1 aliphatic heterocycles. The molecule has 5 heterocycles. The molecule has 9 rings (SSSR count). The lowest BCUT2D eigenvalue weighted by atomic mass is 10.0. The molecule has 0 atom stereocenters. The summed E-state index contributed by atoms with van der Waals surface area (Å²) >= 11 is 0. The quantitative estimate of drug-likeness (QED) is 0.162. The maximum Gasteiger partial charge on any atom is 0.141 e. The van der Waals surface area contributed by atoms with Crippen molar-refractivity contribution in [2.45, 2.75) is 0 Å². The lowest BCUT2D eigenvalue weighted by molar-refractivity contribution is 0.474. The van der Waals surface area contributed by atoms with E-state index in [0.29, 0.717) is 5.69 Å². The number of nitrogens with one attached hydrogen (secondary N) is 4. The van der Waals surface area contributed by atoms with Crippen molar-refractivity contribution in [2.75, 3.05) is 0 Å². The van der Waals surface area contributed by atoms with Crippen LogP contribution in [0.5, 0.6) is 5.75 Å². The fourth-order valence-electron chi connectivity index (χ4n) is 7.05. The zero-order chi connectivity index (χ0) is 32.7. The van der Waals surface area contributed by atoms with E-state index in [0.717, 1.165) is 83.0 Å². The lowest BCUT2D eigenvalue weighted by Crippen LogP contribution is -2.19. The van der Waals surface area contributed by atoms with Crippen LogP contribution < -0.4 is 21.4 Å². The summed E-state index contributed by atoms with van der Waals surface area (Å²) in [4.78, 5) is 15.0. The lowest BCUT2D eigenvalue weighted by Gasteiger charge is -2.09. The monoisotopic (exact) mass is 632 g/mol. The van der Waals surface area contributed by atoms with Crippen LogP contribution in [0, 0.1) is 0 Å². The highest BCUT2D eigenvalue weighted by Crippen LogP contribution is 2.33. The summed E-state index contributed by atoms with van der Waals surface area (Å²) in [5.74, 6) is 0.173. The van der Waals surface area contributed by atoms with Crippen molar-refractivity contribution in [1.29, 1.82) is 0 Å². The molecule has 5 nitrogen and oxygen atoms in total. The van der Waals surface area contributed by atoms with Crippen LogP contribution in [-0.4, -0.2) is 25.0 Å². The third-order valence-electron chi connectivity index (χ3n) is 9.24. The SMILES string of the molecule is Oc1cc2[nH]c1C(c1ccccc1)=c1ccc([nH]1)=C(c1ccccc1)c1ccc([nH]1)C(c1ccccc1)=c1ccc([nH]1)=C2c1ccccc1. The third-order valence-corrected chi connectivity index (χ3v) is 9.24. The number of H-pyrrole nitrogens is 4. The van der Waals surface area contributed by atoms with Crippen LogP contribution in [0.4, 0.5) is 0 Å². The fourth-order valence-corrected chi connectivity index (χ4v) is 7.05. The van der Waals surface area contributed by atoms with Gasteiger partial charge in [-0.25, -0.2) is 0 Å². The minimum atomic E-state index is 0.173. The van der Waals surface area contributed by atoms with Gasteiger partial charge >= 0.3 is 0 Å². The molecule has 5 N–H and O–H groups in total. The van der Waals surface area contributed by atoms with E-state index in [1.807, 2.05) is 54.6 Å². The molecule has 0 amide bonds. The van der Waals surface area contributed by atoms with Gasteiger partial charge in [0.15, 0.2) is 0 Å². The molecule has 0 radical (unpaired) electrons. The molecule has 1 aliphatic rings. The van der Waals surface area contributed by atoms with Crippen LogP contribution >= 0.6 is 0 Å². The summed E-state index contributed by atoms with van der Waals surface area (Å²) in [5.41, 5.74) is 11.6. The second-order valence-corrected chi connectivity index (χ2v) is 12.3. The first-order valence-corrected chi connectivity index (χ1v) is 16.4. The van der Waals surface area contributed by atoms with Crippen molar-refractivity contribution in [2.24, 2.45) is 0 Å². The van der Waals surface area contributed by atoms with Crippen molar-refractivity contribution in [1.82, 2.24) is 19.9 Å². The highest BCUT2D eigenvalue weighted by Gasteiger charge is 2.20. The van der Waals surface area contributed by atoms with Gasteiger partial charge in [0, 0.05) is 61.1 Å². The summed E-state index contributed by atoms with van der Waals surface area (Å²) in [7, 11) is 0. The number of hydrogen-bond donors (Lipinski definition) is 5. The van der Waals surface area contributed by atoms with Gasteiger partial charge in [-0.05, 0) is 58.7 Å². The molecule has 234 valence electrons. The van der Waals surface area contributed by atoms with Crippen LogP contribution in [-0.2, 0) is 0 Å². The number of aromatic amines is 4. The van der Waals surface area contributed by atoms with Gasteiger partial charge in [0.05, 0.1) is 11.4 Å². The average molecular weight is 633 g/mol. The third kappa shape index (κ3) is 5.05. The molecule has 0 saturated heterocycles. The Labute approximate surface area is 282 Å². The van der Waals surface area contributed by atoms with Crippen molar-refractivity contribution in [3.63, 3.8) is 0 Å². The summed E-state index contributed by atoms with van der Waals surface area (Å²) in [6.07, 6.45) is 0. The molecule has 49 heavy (non-hydrogen) atoms. The van der Waals surface area contributed by atoms with E-state index < -0.39 is 0 Å². The Morgan fingerprint density at radius 3 is 1.06 bits per heavy atom. The van der Waals surface area contributed by atoms with Crippen LogP contribution in [0.1, 0.15) is 45.0 Å². The first-order valence-electron chi connectivity index (χ1n) is 16.4. The van der Waals surface area contributed by atoms with Gasteiger partial charge < -0.3 is 25.0 Å². The minimum absolute atomic E-state index is 0.173. The number of rotatable bonds is 4. The molecule has 0 spiro atoms. The second-order valence-electron chi connectivity index (χ2n) is 12.3. The Morgan fingerprint density at radius 2 is 0.653 bits per heavy atom. The second kappa shape index (κ2) is 11.8. The first kappa shape index (κ1) is 28.5. The van der Waals surface area contributed by atoms with Crippen molar-refractivity contribution in [3.05, 3.63) is 230 Å². The van der Waals surface area contributed by atoms with E-state index in [4.69, 9.17) is 0 Å². The van der Waals surface area contributed by atoms with E-state index >= 15 is 0 Å². The molecule has 4 aromatic heterocycles. The van der Waals surface area contributed by atoms with E-state index in [1.54, 1.807) is 0 Å². The smallest absolute Gasteiger partial charge is 0.141 e. The standard InChI is InChI=1S/C44H32N4O/c49-39-27-38-42(30-17-9-3-10-18-30)36-24-23-34(46-36)40(28-13-5-1-6-14-28)32-21-22-33(45-32)41(29-15-7-2-8-16-29)35-25-26-37(47-35)43(44(39)48-38)31-19-11-4-12-20-31/h1-27,45-49H. The summed E-state index contributed by atoms with van der Waals surface area (Å²) in [6, 6.07) is 56.1. The molecule has 0 fully saturated rings. The topological polar surface area (TPSA) is 83.4 Å². The number of aromatic nitrogens is 4. The first-order chi connectivity index (χ1) is 24.2.